The van der Waals surface area contributed by atoms with Crippen LogP contribution < -0.4 is 10.5 Å². The third-order valence-electron chi connectivity index (χ3n) is 2.00. The normalized spacial score (nSPS) is 10.7. The van der Waals surface area contributed by atoms with E-state index in [1.807, 2.05) is 13.8 Å². The maximum atomic E-state index is 8.67. The average Bonchev–Trinajstić information content (AvgIpc) is 2.19. The first-order chi connectivity index (χ1) is 7.06. The molecule has 1 heterocycles. The van der Waals surface area contributed by atoms with Crippen LogP contribution in [0.2, 0.25) is 0 Å². The van der Waals surface area contributed by atoms with E-state index in [4.69, 9.17) is 15.6 Å². The van der Waals surface area contributed by atoms with Gasteiger partial charge in [0, 0.05) is 5.92 Å². The van der Waals surface area contributed by atoms with Crippen molar-refractivity contribution in [2.45, 2.75) is 26.7 Å². The lowest BCUT2D eigenvalue weighted by Crippen LogP contribution is -2.10. The van der Waals surface area contributed by atoms with Gasteiger partial charge in [0.25, 0.3) is 0 Å². The summed E-state index contributed by atoms with van der Waals surface area (Å²) in [7, 11) is 0. The molecule has 0 radical (unpaired) electrons. The first-order valence-corrected chi connectivity index (χ1v) is 4.94. The van der Waals surface area contributed by atoms with Gasteiger partial charge in [0.15, 0.2) is 0 Å². The van der Waals surface area contributed by atoms with Gasteiger partial charge >= 0.3 is 0 Å². The number of hydrogen-bond acceptors (Lipinski definition) is 5. The second-order valence-electron chi connectivity index (χ2n) is 3.62. The molecule has 5 heteroatoms. The Balaban J connectivity index is 3.02. The van der Waals surface area contributed by atoms with Crippen molar-refractivity contribution in [2.24, 2.45) is 0 Å². The van der Waals surface area contributed by atoms with Gasteiger partial charge in [-0.05, 0) is 6.92 Å². The number of nitrogens with zero attached hydrogens (tertiary/aromatic N) is 2. The van der Waals surface area contributed by atoms with Crippen LogP contribution in [0.4, 0.5) is 5.82 Å². The molecule has 1 aromatic rings. The van der Waals surface area contributed by atoms with Gasteiger partial charge in [-0.2, -0.15) is 4.98 Å². The number of aromatic nitrogens is 2. The molecule has 0 spiro atoms. The van der Waals surface area contributed by atoms with Gasteiger partial charge in [-0.1, -0.05) is 13.8 Å². The second kappa shape index (κ2) is 4.93. The Kier molecular flexibility index (Phi) is 3.85. The Morgan fingerprint density at radius 2 is 2.07 bits per heavy atom. The van der Waals surface area contributed by atoms with E-state index in [9.17, 15) is 0 Å². The molecule has 0 aliphatic carbocycles. The van der Waals surface area contributed by atoms with Crippen LogP contribution in [-0.2, 0) is 0 Å². The zero-order valence-corrected chi connectivity index (χ0v) is 9.32. The van der Waals surface area contributed by atoms with Crippen molar-refractivity contribution >= 4 is 5.82 Å². The Morgan fingerprint density at radius 3 is 2.60 bits per heavy atom. The molecule has 0 aliphatic heterocycles. The topological polar surface area (TPSA) is 81.3 Å². The highest BCUT2D eigenvalue weighted by molar-refractivity contribution is 5.44. The van der Waals surface area contributed by atoms with Gasteiger partial charge in [0.05, 0.1) is 12.2 Å². The summed E-state index contributed by atoms with van der Waals surface area (Å²) in [6.07, 6.45) is 0. The fraction of sp³-hybridized carbons (Fsp3) is 0.600. The summed E-state index contributed by atoms with van der Waals surface area (Å²) in [6, 6.07) is 0. The molecule has 1 aromatic heterocycles. The molecule has 15 heavy (non-hydrogen) atoms. The SMILES string of the molecule is Cc1c(N)nc(C(C)C)nc1OCCO. The fourth-order valence-corrected chi connectivity index (χ4v) is 1.07. The smallest absolute Gasteiger partial charge is 0.221 e. The van der Waals surface area contributed by atoms with E-state index in [1.165, 1.54) is 0 Å². The van der Waals surface area contributed by atoms with Crippen LogP contribution in [0.25, 0.3) is 0 Å². The monoisotopic (exact) mass is 211 g/mol. The standard InChI is InChI=1S/C10H17N3O2/c1-6(2)9-12-8(11)7(3)10(13-9)15-5-4-14/h6,14H,4-5H2,1-3H3,(H2,11,12,13). The quantitative estimate of drug-likeness (QED) is 0.772. The minimum absolute atomic E-state index is 0.0413. The van der Waals surface area contributed by atoms with E-state index in [0.29, 0.717) is 23.1 Å². The van der Waals surface area contributed by atoms with Crippen LogP contribution in [0.1, 0.15) is 31.2 Å². The molecule has 0 atom stereocenters. The van der Waals surface area contributed by atoms with Crippen LogP contribution in [0.5, 0.6) is 5.88 Å². The van der Waals surface area contributed by atoms with Gasteiger partial charge in [-0.3, -0.25) is 0 Å². The van der Waals surface area contributed by atoms with E-state index in [2.05, 4.69) is 9.97 Å². The molecule has 0 saturated heterocycles. The van der Waals surface area contributed by atoms with Gasteiger partial charge in [-0.15, -0.1) is 0 Å². The molecule has 3 N–H and O–H groups in total. The highest BCUT2D eigenvalue weighted by Gasteiger charge is 2.11. The minimum atomic E-state index is -0.0413. The molecule has 84 valence electrons. The molecule has 0 amide bonds. The van der Waals surface area contributed by atoms with Crippen molar-refractivity contribution in [2.75, 3.05) is 18.9 Å². The fourth-order valence-electron chi connectivity index (χ4n) is 1.07. The maximum absolute atomic E-state index is 8.67. The van der Waals surface area contributed by atoms with Crippen LogP contribution in [-0.4, -0.2) is 28.3 Å². The van der Waals surface area contributed by atoms with Crippen LogP contribution in [0.3, 0.4) is 0 Å². The van der Waals surface area contributed by atoms with E-state index in [1.54, 1.807) is 6.92 Å². The zero-order valence-electron chi connectivity index (χ0n) is 9.32. The molecule has 5 nitrogen and oxygen atoms in total. The van der Waals surface area contributed by atoms with Crippen molar-refractivity contribution in [1.82, 2.24) is 9.97 Å². The summed E-state index contributed by atoms with van der Waals surface area (Å²) in [4.78, 5) is 8.41. The molecular formula is C10H17N3O2. The van der Waals surface area contributed by atoms with Gasteiger partial charge in [-0.25, -0.2) is 4.98 Å². The number of hydrogen-bond donors (Lipinski definition) is 2. The van der Waals surface area contributed by atoms with Crippen molar-refractivity contribution in [3.63, 3.8) is 0 Å². The molecule has 0 fully saturated rings. The minimum Gasteiger partial charge on any atom is -0.475 e. The number of ether oxygens (including phenoxy) is 1. The van der Waals surface area contributed by atoms with E-state index in [0.717, 1.165) is 0 Å². The van der Waals surface area contributed by atoms with Crippen molar-refractivity contribution in [3.8, 4) is 5.88 Å². The largest absolute Gasteiger partial charge is 0.475 e. The molecule has 0 bridgehead atoms. The number of aliphatic hydroxyl groups is 1. The molecular weight excluding hydrogens is 194 g/mol. The lowest BCUT2D eigenvalue weighted by atomic mass is 10.2. The van der Waals surface area contributed by atoms with Gasteiger partial charge in [0.2, 0.25) is 5.88 Å². The number of rotatable bonds is 4. The van der Waals surface area contributed by atoms with E-state index >= 15 is 0 Å². The summed E-state index contributed by atoms with van der Waals surface area (Å²) in [6.45, 7) is 5.95. The number of anilines is 1. The summed E-state index contributed by atoms with van der Waals surface area (Å²) in [5.41, 5.74) is 6.45. The third-order valence-corrected chi connectivity index (χ3v) is 2.00. The Hall–Kier alpha value is -1.36. The highest BCUT2D eigenvalue weighted by Crippen LogP contribution is 2.22. The highest BCUT2D eigenvalue weighted by atomic mass is 16.5. The molecule has 0 aliphatic rings. The summed E-state index contributed by atoms with van der Waals surface area (Å²) in [5, 5.41) is 8.67. The van der Waals surface area contributed by atoms with E-state index in [-0.39, 0.29) is 19.1 Å². The van der Waals surface area contributed by atoms with Crippen LogP contribution >= 0.6 is 0 Å². The number of nitrogens with two attached hydrogens (primary N) is 1. The number of nitrogen functional groups attached to an aromatic ring is 1. The van der Waals surface area contributed by atoms with Crippen molar-refractivity contribution < 1.29 is 9.84 Å². The zero-order chi connectivity index (χ0) is 11.4. The molecule has 0 unspecified atom stereocenters. The lowest BCUT2D eigenvalue weighted by molar-refractivity contribution is 0.195. The maximum Gasteiger partial charge on any atom is 0.221 e. The Bertz CT molecular complexity index is 340. The van der Waals surface area contributed by atoms with Crippen LogP contribution in [0.15, 0.2) is 0 Å². The summed E-state index contributed by atoms with van der Waals surface area (Å²) in [5.74, 6) is 1.75. The third kappa shape index (κ3) is 2.79. The van der Waals surface area contributed by atoms with Gasteiger partial charge in [0.1, 0.15) is 18.2 Å². The van der Waals surface area contributed by atoms with E-state index < -0.39 is 0 Å². The predicted octanol–water partition coefficient (Wildman–Crippen LogP) is 0.862. The first kappa shape index (κ1) is 11.7. The first-order valence-electron chi connectivity index (χ1n) is 4.94. The molecule has 1 rings (SSSR count). The second-order valence-corrected chi connectivity index (χ2v) is 3.62. The van der Waals surface area contributed by atoms with Crippen molar-refractivity contribution in [3.05, 3.63) is 11.4 Å². The Morgan fingerprint density at radius 1 is 1.40 bits per heavy atom. The summed E-state index contributed by atoms with van der Waals surface area (Å²) >= 11 is 0. The molecule has 0 saturated carbocycles. The summed E-state index contributed by atoms with van der Waals surface area (Å²) < 4.78 is 5.28. The van der Waals surface area contributed by atoms with Gasteiger partial charge < -0.3 is 15.6 Å². The average molecular weight is 211 g/mol. The van der Waals surface area contributed by atoms with Crippen molar-refractivity contribution in [1.29, 1.82) is 0 Å². The Labute approximate surface area is 89.3 Å². The van der Waals surface area contributed by atoms with Crippen LogP contribution in [0, 0.1) is 6.92 Å². The lowest BCUT2D eigenvalue weighted by Gasteiger charge is -2.11. The molecule has 0 aromatic carbocycles. The number of aliphatic hydroxyl groups excluding tert-OH is 1. The predicted molar refractivity (Wildman–Crippen MR) is 57.9 cm³/mol.